The number of ether oxygens (including phenoxy) is 2. The van der Waals surface area contributed by atoms with Gasteiger partial charge in [-0.25, -0.2) is 4.68 Å². The van der Waals surface area contributed by atoms with Gasteiger partial charge >= 0.3 is 0 Å². The summed E-state index contributed by atoms with van der Waals surface area (Å²) in [5.41, 5.74) is 3.88. The summed E-state index contributed by atoms with van der Waals surface area (Å²) in [6.07, 6.45) is 1.81. The number of nitrogens with zero attached hydrogens (tertiary/aromatic N) is 4. The molecule has 35 heavy (non-hydrogen) atoms. The van der Waals surface area contributed by atoms with Crippen LogP contribution in [-0.4, -0.2) is 61.0 Å². The number of methoxy groups -OCH3 is 2. The van der Waals surface area contributed by atoms with E-state index in [-0.39, 0.29) is 5.91 Å². The Morgan fingerprint density at radius 3 is 2.09 bits per heavy atom. The Kier molecular flexibility index (Phi) is 6.39. The summed E-state index contributed by atoms with van der Waals surface area (Å²) >= 11 is 0. The van der Waals surface area contributed by atoms with E-state index in [9.17, 15) is 4.79 Å². The van der Waals surface area contributed by atoms with Gasteiger partial charge in [-0.15, -0.1) is 0 Å². The van der Waals surface area contributed by atoms with Crippen molar-refractivity contribution in [3.8, 4) is 28.4 Å². The fourth-order valence-corrected chi connectivity index (χ4v) is 4.42. The zero-order valence-corrected chi connectivity index (χ0v) is 19.9. The van der Waals surface area contributed by atoms with Gasteiger partial charge in [0.1, 0.15) is 17.2 Å². The molecule has 1 amide bonds. The Hall–Kier alpha value is -4.26. The van der Waals surface area contributed by atoms with Crippen LogP contribution in [0.25, 0.3) is 16.9 Å². The van der Waals surface area contributed by atoms with Crippen LogP contribution in [0.4, 0.5) is 5.69 Å². The molecule has 1 fully saturated rings. The molecule has 178 valence electrons. The zero-order chi connectivity index (χ0) is 24.2. The van der Waals surface area contributed by atoms with Crippen LogP contribution in [0.5, 0.6) is 11.5 Å². The first-order valence-electron chi connectivity index (χ1n) is 11.6. The van der Waals surface area contributed by atoms with Crippen molar-refractivity contribution in [2.45, 2.75) is 0 Å². The zero-order valence-electron chi connectivity index (χ0n) is 19.9. The molecule has 0 bridgehead atoms. The van der Waals surface area contributed by atoms with Gasteiger partial charge in [0, 0.05) is 43.6 Å². The number of para-hydroxylation sites is 2. The van der Waals surface area contributed by atoms with Gasteiger partial charge in [-0.2, -0.15) is 5.10 Å². The van der Waals surface area contributed by atoms with Crippen molar-refractivity contribution in [3.05, 3.63) is 90.6 Å². The highest BCUT2D eigenvalue weighted by atomic mass is 16.5. The summed E-state index contributed by atoms with van der Waals surface area (Å²) in [6.45, 7) is 2.83. The van der Waals surface area contributed by atoms with Crippen molar-refractivity contribution >= 4 is 11.6 Å². The lowest BCUT2D eigenvalue weighted by atomic mass is 10.1. The van der Waals surface area contributed by atoms with Crippen LogP contribution in [0.15, 0.2) is 85.1 Å². The minimum Gasteiger partial charge on any atom is -0.497 e. The topological polar surface area (TPSA) is 59.8 Å². The summed E-state index contributed by atoms with van der Waals surface area (Å²) in [6, 6.07) is 25.6. The van der Waals surface area contributed by atoms with E-state index >= 15 is 0 Å². The number of aromatic nitrogens is 2. The quantitative estimate of drug-likeness (QED) is 0.417. The third-order valence-electron chi connectivity index (χ3n) is 6.32. The van der Waals surface area contributed by atoms with Crippen LogP contribution >= 0.6 is 0 Å². The van der Waals surface area contributed by atoms with Crippen LogP contribution in [0.1, 0.15) is 10.4 Å². The third kappa shape index (κ3) is 4.57. The fraction of sp³-hybridized carbons (Fsp3) is 0.214. The van der Waals surface area contributed by atoms with Crippen molar-refractivity contribution in [2.24, 2.45) is 0 Å². The van der Waals surface area contributed by atoms with Crippen molar-refractivity contribution in [3.63, 3.8) is 0 Å². The van der Waals surface area contributed by atoms with Crippen molar-refractivity contribution < 1.29 is 14.3 Å². The maximum absolute atomic E-state index is 13.8. The van der Waals surface area contributed by atoms with E-state index in [2.05, 4.69) is 17.0 Å². The summed E-state index contributed by atoms with van der Waals surface area (Å²) < 4.78 is 12.8. The maximum Gasteiger partial charge on any atom is 0.257 e. The number of hydrogen-bond donors (Lipinski definition) is 0. The molecule has 1 saturated heterocycles. The molecular formula is C28H28N4O3. The van der Waals surface area contributed by atoms with Gasteiger partial charge in [-0.05, 0) is 42.5 Å². The second-order valence-corrected chi connectivity index (χ2v) is 8.35. The van der Waals surface area contributed by atoms with Crippen LogP contribution in [0, 0.1) is 0 Å². The molecule has 0 N–H and O–H groups in total. The van der Waals surface area contributed by atoms with Crippen molar-refractivity contribution in [2.75, 3.05) is 45.3 Å². The van der Waals surface area contributed by atoms with Gasteiger partial charge in [-0.3, -0.25) is 4.79 Å². The highest BCUT2D eigenvalue weighted by Crippen LogP contribution is 2.35. The predicted molar refractivity (Wildman–Crippen MR) is 137 cm³/mol. The molecule has 0 atom stereocenters. The first-order valence-corrected chi connectivity index (χ1v) is 11.6. The number of anilines is 1. The molecule has 0 saturated carbocycles. The van der Waals surface area contributed by atoms with Gasteiger partial charge in [0.25, 0.3) is 5.91 Å². The average molecular weight is 469 g/mol. The molecule has 1 aliphatic rings. The highest BCUT2D eigenvalue weighted by molar-refractivity contribution is 6.00. The smallest absolute Gasteiger partial charge is 0.257 e. The lowest BCUT2D eigenvalue weighted by molar-refractivity contribution is 0.0747. The van der Waals surface area contributed by atoms with Gasteiger partial charge in [0.2, 0.25) is 0 Å². The van der Waals surface area contributed by atoms with E-state index in [1.165, 1.54) is 5.69 Å². The largest absolute Gasteiger partial charge is 0.497 e. The number of hydrogen-bond acceptors (Lipinski definition) is 5. The lowest BCUT2D eigenvalue weighted by Gasteiger charge is -2.36. The Morgan fingerprint density at radius 2 is 1.46 bits per heavy atom. The van der Waals surface area contributed by atoms with Crippen LogP contribution in [0.2, 0.25) is 0 Å². The molecule has 1 aliphatic heterocycles. The summed E-state index contributed by atoms with van der Waals surface area (Å²) in [5.74, 6) is 1.26. The van der Waals surface area contributed by atoms with Crippen molar-refractivity contribution in [1.29, 1.82) is 0 Å². The average Bonchev–Trinajstić information content (AvgIpc) is 3.39. The van der Waals surface area contributed by atoms with Crippen LogP contribution in [-0.2, 0) is 0 Å². The Bertz CT molecular complexity index is 1300. The van der Waals surface area contributed by atoms with Gasteiger partial charge in [0.15, 0.2) is 0 Å². The number of carbonyl (C=O) groups is 1. The monoisotopic (exact) mass is 468 g/mol. The second kappa shape index (κ2) is 9.93. The molecule has 7 heteroatoms. The van der Waals surface area contributed by atoms with E-state index in [0.29, 0.717) is 41.4 Å². The normalized spacial score (nSPS) is 13.5. The van der Waals surface area contributed by atoms with E-state index in [4.69, 9.17) is 14.6 Å². The molecular weight excluding hydrogens is 440 g/mol. The third-order valence-corrected chi connectivity index (χ3v) is 6.32. The molecule has 0 unspecified atom stereocenters. The summed E-state index contributed by atoms with van der Waals surface area (Å²) in [5, 5.41) is 4.84. The molecule has 0 spiro atoms. The Balaban J connectivity index is 1.50. The molecule has 3 aromatic carbocycles. The standard InChI is InChI=1S/C28H28N4O3/c1-34-23-13-14-26(35-2)24(19-23)27-25(20-32(29-27)22-11-7-4-8-12-22)28(33)31-17-15-30(16-18-31)21-9-5-3-6-10-21/h3-14,19-20H,15-18H2,1-2H3. The number of rotatable bonds is 6. The summed E-state index contributed by atoms with van der Waals surface area (Å²) in [7, 11) is 3.23. The van der Waals surface area contributed by atoms with Gasteiger partial charge < -0.3 is 19.3 Å². The van der Waals surface area contributed by atoms with Gasteiger partial charge in [0.05, 0.1) is 25.5 Å². The molecule has 2 heterocycles. The first-order chi connectivity index (χ1) is 17.2. The predicted octanol–water partition coefficient (Wildman–Crippen LogP) is 4.52. The maximum atomic E-state index is 13.8. The van der Waals surface area contributed by atoms with Crippen LogP contribution in [0.3, 0.4) is 0 Å². The summed E-state index contributed by atoms with van der Waals surface area (Å²) in [4.78, 5) is 18.0. The minimum absolute atomic E-state index is 0.0419. The van der Waals surface area contributed by atoms with E-state index in [1.807, 2.05) is 77.8 Å². The SMILES string of the molecule is COc1ccc(OC)c(-c2nn(-c3ccccc3)cc2C(=O)N2CCN(c3ccccc3)CC2)c1. The second-order valence-electron chi connectivity index (χ2n) is 8.35. The number of carbonyl (C=O) groups excluding carboxylic acids is 1. The lowest BCUT2D eigenvalue weighted by Crippen LogP contribution is -2.48. The molecule has 1 aromatic heterocycles. The number of piperazine rings is 1. The van der Waals surface area contributed by atoms with Gasteiger partial charge in [-0.1, -0.05) is 36.4 Å². The molecule has 0 radical (unpaired) electrons. The molecule has 7 nitrogen and oxygen atoms in total. The first kappa shape index (κ1) is 22.5. The van der Waals surface area contributed by atoms with Crippen LogP contribution < -0.4 is 14.4 Å². The van der Waals surface area contributed by atoms with E-state index in [0.717, 1.165) is 18.8 Å². The van der Waals surface area contributed by atoms with Crippen molar-refractivity contribution in [1.82, 2.24) is 14.7 Å². The Morgan fingerprint density at radius 1 is 0.800 bits per heavy atom. The Labute approximate surface area is 205 Å². The minimum atomic E-state index is -0.0419. The molecule has 0 aliphatic carbocycles. The fourth-order valence-electron chi connectivity index (χ4n) is 4.42. The molecule has 4 aromatic rings. The number of benzene rings is 3. The highest BCUT2D eigenvalue weighted by Gasteiger charge is 2.28. The van der Waals surface area contributed by atoms with E-state index in [1.54, 1.807) is 18.9 Å². The number of amides is 1. The van der Waals surface area contributed by atoms with E-state index < -0.39 is 0 Å². The molecule has 5 rings (SSSR count).